The monoisotopic (exact) mass is 365 g/mol. The number of nitrogen functional groups attached to an aromatic ring is 1. The molecule has 6 heteroatoms. The maximum absolute atomic E-state index is 12.9. The van der Waals surface area contributed by atoms with Gasteiger partial charge >= 0.3 is 0 Å². The number of anilines is 2. The molecule has 3 N–H and O–H groups in total. The normalized spacial score (nSPS) is 17.1. The van der Waals surface area contributed by atoms with Gasteiger partial charge in [-0.3, -0.25) is 4.79 Å². The predicted molar refractivity (Wildman–Crippen MR) is 110 cm³/mol. The van der Waals surface area contributed by atoms with Crippen LogP contribution in [0.15, 0.2) is 37.0 Å². The van der Waals surface area contributed by atoms with E-state index in [1.807, 2.05) is 12.1 Å². The molecule has 27 heavy (non-hydrogen) atoms. The summed E-state index contributed by atoms with van der Waals surface area (Å²) in [4.78, 5) is 23.9. The van der Waals surface area contributed by atoms with Gasteiger partial charge in [-0.1, -0.05) is 32.6 Å². The van der Waals surface area contributed by atoms with Crippen LogP contribution in [-0.2, 0) is 0 Å². The number of pyridine rings is 2. The standard InChI is InChI=1S/C21H27N5O/c1-4-15-11-17(21(22)24-12-15)20(27)18-6-5-7-19(25-18)26-9-8-23-16(13-26)10-14(2)3/h4-7,11-12,14,16,23H,1,8-10,13H2,2-3H3,(H2,22,24)/t16-/m0/s1. The number of rotatable bonds is 6. The van der Waals surface area contributed by atoms with Crippen molar-refractivity contribution in [3.8, 4) is 0 Å². The summed E-state index contributed by atoms with van der Waals surface area (Å²) in [6.07, 6.45) is 4.35. The highest BCUT2D eigenvalue weighted by molar-refractivity contribution is 6.10. The molecule has 2 aromatic heterocycles. The van der Waals surface area contributed by atoms with Crippen LogP contribution in [0.5, 0.6) is 0 Å². The van der Waals surface area contributed by atoms with Crippen molar-refractivity contribution in [2.45, 2.75) is 26.3 Å². The quantitative estimate of drug-likeness (QED) is 0.766. The molecule has 0 radical (unpaired) electrons. The molecule has 0 bridgehead atoms. The van der Waals surface area contributed by atoms with E-state index < -0.39 is 0 Å². The average Bonchev–Trinajstić information content (AvgIpc) is 2.67. The molecule has 2 aromatic rings. The molecule has 3 rings (SSSR count). The van der Waals surface area contributed by atoms with Gasteiger partial charge in [-0.25, -0.2) is 9.97 Å². The van der Waals surface area contributed by atoms with Gasteiger partial charge in [0.25, 0.3) is 0 Å². The van der Waals surface area contributed by atoms with E-state index in [0.717, 1.165) is 37.4 Å². The Labute approximate surface area is 160 Å². The van der Waals surface area contributed by atoms with E-state index >= 15 is 0 Å². The van der Waals surface area contributed by atoms with E-state index in [-0.39, 0.29) is 11.6 Å². The first-order valence-electron chi connectivity index (χ1n) is 9.36. The number of piperazine rings is 1. The van der Waals surface area contributed by atoms with Gasteiger partial charge in [0.1, 0.15) is 17.3 Å². The Kier molecular flexibility index (Phi) is 5.86. The lowest BCUT2D eigenvalue weighted by Gasteiger charge is -2.35. The number of hydrogen-bond acceptors (Lipinski definition) is 6. The van der Waals surface area contributed by atoms with Crippen LogP contribution in [0.4, 0.5) is 11.6 Å². The number of aromatic nitrogens is 2. The van der Waals surface area contributed by atoms with E-state index in [2.05, 4.69) is 40.6 Å². The molecule has 142 valence electrons. The Morgan fingerprint density at radius 2 is 2.30 bits per heavy atom. The second kappa shape index (κ2) is 8.31. The Balaban J connectivity index is 1.83. The van der Waals surface area contributed by atoms with Crippen molar-refractivity contribution in [2.75, 3.05) is 30.3 Å². The maximum Gasteiger partial charge on any atom is 0.215 e. The highest BCUT2D eigenvalue weighted by atomic mass is 16.1. The summed E-state index contributed by atoms with van der Waals surface area (Å²) in [5, 5.41) is 3.56. The first kappa shape index (κ1) is 19.0. The predicted octanol–water partition coefficient (Wildman–Crippen LogP) is 2.76. The molecule has 1 aliphatic heterocycles. The minimum absolute atomic E-state index is 0.206. The van der Waals surface area contributed by atoms with E-state index in [4.69, 9.17) is 5.73 Å². The fraction of sp³-hybridized carbons (Fsp3) is 0.381. The average molecular weight is 365 g/mol. The minimum Gasteiger partial charge on any atom is -0.383 e. The van der Waals surface area contributed by atoms with Crippen LogP contribution >= 0.6 is 0 Å². The van der Waals surface area contributed by atoms with Crippen LogP contribution < -0.4 is 16.0 Å². The van der Waals surface area contributed by atoms with Gasteiger partial charge in [-0.15, -0.1) is 0 Å². The maximum atomic E-state index is 12.9. The fourth-order valence-electron chi connectivity index (χ4n) is 3.41. The van der Waals surface area contributed by atoms with Crippen molar-refractivity contribution in [3.05, 3.63) is 53.9 Å². The zero-order valence-electron chi connectivity index (χ0n) is 16.0. The Morgan fingerprint density at radius 1 is 1.48 bits per heavy atom. The Morgan fingerprint density at radius 3 is 3.04 bits per heavy atom. The second-order valence-electron chi connectivity index (χ2n) is 7.34. The highest BCUT2D eigenvalue weighted by Gasteiger charge is 2.22. The molecular formula is C21H27N5O. The van der Waals surface area contributed by atoms with E-state index in [0.29, 0.717) is 23.2 Å². The molecule has 0 unspecified atom stereocenters. The second-order valence-corrected chi connectivity index (χ2v) is 7.34. The van der Waals surface area contributed by atoms with Gasteiger partial charge < -0.3 is 16.0 Å². The molecule has 1 atom stereocenters. The van der Waals surface area contributed by atoms with Crippen LogP contribution in [0.2, 0.25) is 0 Å². The lowest BCUT2D eigenvalue weighted by Crippen LogP contribution is -2.51. The number of nitrogens with zero attached hydrogens (tertiary/aromatic N) is 3. The van der Waals surface area contributed by atoms with Crippen molar-refractivity contribution in [3.63, 3.8) is 0 Å². The first-order chi connectivity index (χ1) is 13.0. The Hall–Kier alpha value is -2.73. The molecule has 0 aliphatic carbocycles. The number of carbonyl (C=O) groups is 1. The molecule has 0 aromatic carbocycles. The zero-order valence-corrected chi connectivity index (χ0v) is 16.0. The lowest BCUT2D eigenvalue weighted by atomic mass is 10.0. The molecule has 1 fully saturated rings. The third-order valence-corrected chi connectivity index (χ3v) is 4.72. The van der Waals surface area contributed by atoms with E-state index in [1.54, 1.807) is 24.4 Å². The van der Waals surface area contributed by atoms with E-state index in [1.165, 1.54) is 0 Å². The van der Waals surface area contributed by atoms with Gasteiger partial charge in [-0.2, -0.15) is 0 Å². The highest BCUT2D eigenvalue weighted by Crippen LogP contribution is 2.20. The lowest BCUT2D eigenvalue weighted by molar-refractivity contribution is 0.103. The van der Waals surface area contributed by atoms with Crippen LogP contribution in [-0.4, -0.2) is 41.4 Å². The van der Waals surface area contributed by atoms with Gasteiger partial charge in [0.2, 0.25) is 5.78 Å². The summed E-state index contributed by atoms with van der Waals surface area (Å²) < 4.78 is 0. The van der Waals surface area contributed by atoms with Crippen LogP contribution in [0.3, 0.4) is 0 Å². The molecule has 1 saturated heterocycles. The summed E-state index contributed by atoms with van der Waals surface area (Å²) >= 11 is 0. The van der Waals surface area contributed by atoms with Crippen molar-refractivity contribution < 1.29 is 4.79 Å². The first-order valence-corrected chi connectivity index (χ1v) is 9.36. The van der Waals surface area contributed by atoms with Crippen LogP contribution in [0.1, 0.15) is 41.9 Å². The SMILES string of the molecule is C=Cc1cnc(N)c(C(=O)c2cccc(N3CCN[C@@H](CC(C)C)C3)n2)c1. The number of ketones is 1. The summed E-state index contributed by atoms with van der Waals surface area (Å²) in [5.41, 5.74) is 7.40. The van der Waals surface area contributed by atoms with Gasteiger partial charge in [0, 0.05) is 31.9 Å². The molecule has 3 heterocycles. The van der Waals surface area contributed by atoms with Crippen molar-refractivity contribution in [1.29, 1.82) is 0 Å². The third kappa shape index (κ3) is 4.52. The van der Waals surface area contributed by atoms with Crippen LogP contribution in [0.25, 0.3) is 6.08 Å². The van der Waals surface area contributed by atoms with Gasteiger partial charge in [0.05, 0.1) is 5.56 Å². The fourth-order valence-corrected chi connectivity index (χ4v) is 3.41. The molecule has 6 nitrogen and oxygen atoms in total. The van der Waals surface area contributed by atoms with Crippen molar-refractivity contribution in [1.82, 2.24) is 15.3 Å². The smallest absolute Gasteiger partial charge is 0.215 e. The molecule has 0 spiro atoms. The van der Waals surface area contributed by atoms with Crippen molar-refractivity contribution >= 4 is 23.5 Å². The molecule has 1 aliphatic rings. The Bertz CT molecular complexity index is 833. The number of nitrogens with two attached hydrogens (primary N) is 1. The largest absolute Gasteiger partial charge is 0.383 e. The number of carbonyl (C=O) groups excluding carboxylic acids is 1. The molecule has 0 saturated carbocycles. The number of nitrogens with one attached hydrogen (secondary N) is 1. The summed E-state index contributed by atoms with van der Waals surface area (Å²) in [6.45, 7) is 10.8. The van der Waals surface area contributed by atoms with Crippen LogP contribution in [0, 0.1) is 5.92 Å². The topological polar surface area (TPSA) is 84.1 Å². The minimum atomic E-state index is -0.223. The summed E-state index contributed by atoms with van der Waals surface area (Å²) in [6, 6.07) is 7.69. The van der Waals surface area contributed by atoms with Crippen molar-refractivity contribution in [2.24, 2.45) is 5.92 Å². The van der Waals surface area contributed by atoms with Gasteiger partial charge in [0.15, 0.2) is 0 Å². The molecule has 0 amide bonds. The third-order valence-electron chi connectivity index (χ3n) is 4.72. The number of hydrogen-bond donors (Lipinski definition) is 2. The van der Waals surface area contributed by atoms with E-state index in [9.17, 15) is 4.79 Å². The molecular weight excluding hydrogens is 338 g/mol. The summed E-state index contributed by atoms with van der Waals surface area (Å²) in [7, 11) is 0. The zero-order chi connectivity index (χ0) is 19.4. The van der Waals surface area contributed by atoms with Gasteiger partial charge in [-0.05, 0) is 36.1 Å². The summed E-state index contributed by atoms with van der Waals surface area (Å²) in [5.74, 6) is 1.44.